The van der Waals surface area contributed by atoms with E-state index in [0.717, 1.165) is 20.9 Å². The third kappa shape index (κ3) is 5.28. The van der Waals surface area contributed by atoms with Gasteiger partial charge in [0.15, 0.2) is 0 Å². The van der Waals surface area contributed by atoms with Crippen molar-refractivity contribution in [2.45, 2.75) is 6.54 Å². The highest BCUT2D eigenvalue weighted by Crippen LogP contribution is 2.24. The van der Waals surface area contributed by atoms with Gasteiger partial charge in [-0.25, -0.2) is 9.79 Å². The molecule has 0 aliphatic carbocycles. The highest BCUT2D eigenvalue weighted by atomic mass is 35.5. The van der Waals surface area contributed by atoms with Crippen molar-refractivity contribution in [3.8, 4) is 5.88 Å². The van der Waals surface area contributed by atoms with E-state index in [1.165, 1.54) is 20.4 Å². The summed E-state index contributed by atoms with van der Waals surface area (Å²) >= 11 is 6.86. The first kappa shape index (κ1) is 22.4. The predicted octanol–water partition coefficient (Wildman–Crippen LogP) is 2.16. The van der Waals surface area contributed by atoms with Crippen LogP contribution >= 0.6 is 23.4 Å². The monoisotopic (exact) mass is 462 g/mol. The van der Waals surface area contributed by atoms with Crippen molar-refractivity contribution in [3.05, 3.63) is 79.8 Å². The van der Waals surface area contributed by atoms with Crippen molar-refractivity contribution in [2.24, 2.45) is 19.1 Å². The molecule has 0 saturated heterocycles. The smallest absolute Gasteiger partial charge is 0.333 e. The van der Waals surface area contributed by atoms with Crippen LogP contribution in [0.5, 0.6) is 5.88 Å². The van der Waals surface area contributed by atoms with E-state index < -0.39 is 17.1 Å². The molecule has 31 heavy (non-hydrogen) atoms. The minimum atomic E-state index is -0.725. The Labute approximate surface area is 186 Å². The maximum absolute atomic E-state index is 12.7. The first-order chi connectivity index (χ1) is 14.8. The Morgan fingerprint density at radius 1 is 1.19 bits per heavy atom. The number of benzene rings is 1. The number of nitrogens with zero attached hydrogens (tertiary/aromatic N) is 3. The van der Waals surface area contributed by atoms with Gasteiger partial charge in [0, 0.05) is 19.1 Å². The van der Waals surface area contributed by atoms with Crippen LogP contribution in [0.4, 0.5) is 5.69 Å². The Morgan fingerprint density at radius 2 is 1.90 bits per heavy atom. The number of aliphatic imine (C=N–C) groups is 1. The lowest BCUT2D eigenvalue weighted by atomic mass is 10.3. The van der Waals surface area contributed by atoms with Crippen LogP contribution in [-0.2, 0) is 25.4 Å². The minimum Gasteiger partial charge on any atom is -0.494 e. The molecule has 0 spiro atoms. The number of furan rings is 1. The Morgan fingerprint density at radius 3 is 2.55 bits per heavy atom. The van der Waals surface area contributed by atoms with E-state index in [-0.39, 0.29) is 28.8 Å². The van der Waals surface area contributed by atoms with Gasteiger partial charge in [0.25, 0.3) is 5.56 Å². The SMILES string of the molecule is Cn1c(O)c(C(=Nc2ccc(Cl)cc2)SCC(=O)NCc2ccco2)c(=O)n(C)c1=O. The van der Waals surface area contributed by atoms with Crippen LogP contribution in [0.25, 0.3) is 0 Å². The molecule has 0 unspecified atom stereocenters. The first-order valence-corrected chi connectivity index (χ1v) is 10.4. The van der Waals surface area contributed by atoms with Crippen LogP contribution in [0, 0.1) is 0 Å². The second-order valence-corrected chi connectivity index (χ2v) is 7.84. The zero-order chi connectivity index (χ0) is 22.5. The van der Waals surface area contributed by atoms with Crippen LogP contribution in [0.3, 0.4) is 0 Å². The van der Waals surface area contributed by atoms with Gasteiger partial charge in [-0.1, -0.05) is 23.4 Å². The number of hydrogen-bond donors (Lipinski definition) is 2. The van der Waals surface area contributed by atoms with Gasteiger partial charge < -0.3 is 14.8 Å². The molecule has 0 fully saturated rings. The summed E-state index contributed by atoms with van der Waals surface area (Å²) in [5, 5.41) is 13.8. The van der Waals surface area contributed by atoms with Gasteiger partial charge in [0.2, 0.25) is 11.8 Å². The summed E-state index contributed by atoms with van der Waals surface area (Å²) < 4.78 is 6.97. The normalized spacial score (nSPS) is 11.5. The van der Waals surface area contributed by atoms with Gasteiger partial charge in [0.05, 0.1) is 24.2 Å². The molecule has 1 aromatic carbocycles. The number of halogens is 1. The van der Waals surface area contributed by atoms with E-state index in [2.05, 4.69) is 10.3 Å². The molecular formula is C20H19ClN4O5S. The van der Waals surface area contributed by atoms with Crippen molar-refractivity contribution in [1.82, 2.24) is 14.5 Å². The molecule has 2 N–H and O–H groups in total. The molecule has 9 nitrogen and oxygen atoms in total. The molecule has 0 bridgehead atoms. The summed E-state index contributed by atoms with van der Waals surface area (Å²) in [6, 6.07) is 9.94. The van der Waals surface area contributed by atoms with Crippen molar-refractivity contribution in [2.75, 3.05) is 5.75 Å². The number of aromatic nitrogens is 2. The van der Waals surface area contributed by atoms with Crippen LogP contribution in [-0.4, -0.2) is 30.9 Å². The first-order valence-electron chi connectivity index (χ1n) is 9.03. The Hall–Kier alpha value is -3.24. The highest BCUT2D eigenvalue weighted by Gasteiger charge is 2.21. The molecule has 1 amide bonds. The lowest BCUT2D eigenvalue weighted by molar-refractivity contribution is -0.118. The maximum Gasteiger partial charge on any atom is 0.333 e. The molecule has 11 heteroatoms. The summed E-state index contributed by atoms with van der Waals surface area (Å²) in [6.07, 6.45) is 1.51. The minimum absolute atomic E-state index is 0.0848. The molecular weight excluding hydrogens is 444 g/mol. The standard InChI is InChI=1S/C20H19ClN4O5S/c1-24-18(27)16(19(28)25(2)20(24)29)17(23-13-7-5-12(21)6-8-13)31-11-15(26)22-10-14-4-3-9-30-14/h3-9,27H,10-11H2,1-2H3,(H,22,26). The molecule has 0 radical (unpaired) electrons. The molecule has 2 aromatic heterocycles. The summed E-state index contributed by atoms with van der Waals surface area (Å²) in [7, 11) is 2.63. The van der Waals surface area contributed by atoms with Crippen molar-refractivity contribution in [1.29, 1.82) is 0 Å². The van der Waals surface area contributed by atoms with Gasteiger partial charge in [-0.05, 0) is 36.4 Å². The Bertz CT molecular complexity index is 1230. The third-order valence-electron chi connectivity index (χ3n) is 4.28. The number of thioether (sulfide) groups is 1. The lowest BCUT2D eigenvalue weighted by Crippen LogP contribution is -2.39. The van der Waals surface area contributed by atoms with Gasteiger partial charge in [0.1, 0.15) is 16.4 Å². The van der Waals surface area contributed by atoms with E-state index >= 15 is 0 Å². The molecule has 0 atom stereocenters. The van der Waals surface area contributed by atoms with Crippen LogP contribution in [0.2, 0.25) is 5.02 Å². The fraction of sp³-hybridized carbons (Fsp3) is 0.200. The number of carbonyl (C=O) groups excluding carboxylic acids is 1. The molecule has 0 aliphatic heterocycles. The second-order valence-electron chi connectivity index (χ2n) is 6.44. The number of nitrogens with one attached hydrogen (secondary N) is 1. The van der Waals surface area contributed by atoms with Crippen molar-refractivity contribution < 1.29 is 14.3 Å². The molecule has 0 saturated carbocycles. The quantitative estimate of drug-likeness (QED) is 0.428. The van der Waals surface area contributed by atoms with E-state index in [1.807, 2.05) is 0 Å². The van der Waals surface area contributed by atoms with Crippen LogP contribution in [0.1, 0.15) is 11.3 Å². The zero-order valence-corrected chi connectivity index (χ0v) is 18.2. The topological polar surface area (TPSA) is 119 Å². The predicted molar refractivity (Wildman–Crippen MR) is 119 cm³/mol. The molecule has 162 valence electrons. The molecule has 3 rings (SSSR count). The fourth-order valence-corrected chi connectivity index (χ4v) is 3.59. The average molecular weight is 463 g/mol. The number of rotatable bonds is 6. The van der Waals surface area contributed by atoms with Gasteiger partial charge >= 0.3 is 5.69 Å². The molecule has 3 aromatic rings. The van der Waals surface area contributed by atoms with Crippen LogP contribution < -0.4 is 16.6 Å². The third-order valence-corrected chi connectivity index (χ3v) is 5.51. The lowest BCUT2D eigenvalue weighted by Gasteiger charge is -2.12. The fourth-order valence-electron chi connectivity index (χ4n) is 2.60. The van der Waals surface area contributed by atoms with E-state index in [0.29, 0.717) is 16.5 Å². The Balaban J connectivity index is 1.93. The number of hydrogen-bond acceptors (Lipinski definition) is 7. The Kier molecular flexibility index (Phi) is 7.03. The van der Waals surface area contributed by atoms with Crippen molar-refractivity contribution >= 4 is 40.0 Å². The van der Waals surface area contributed by atoms with Gasteiger partial charge in [-0.2, -0.15) is 0 Å². The molecule has 0 aliphatic rings. The van der Waals surface area contributed by atoms with Crippen molar-refractivity contribution in [3.63, 3.8) is 0 Å². The van der Waals surface area contributed by atoms with E-state index in [9.17, 15) is 19.5 Å². The van der Waals surface area contributed by atoms with E-state index in [4.69, 9.17) is 16.0 Å². The number of carbonyl (C=O) groups is 1. The summed E-state index contributed by atoms with van der Waals surface area (Å²) in [5.74, 6) is -0.355. The maximum atomic E-state index is 12.7. The average Bonchev–Trinajstić information content (AvgIpc) is 3.28. The summed E-state index contributed by atoms with van der Waals surface area (Å²) in [4.78, 5) is 41.5. The van der Waals surface area contributed by atoms with Crippen LogP contribution in [0.15, 0.2) is 61.7 Å². The van der Waals surface area contributed by atoms with Gasteiger partial charge in [-0.15, -0.1) is 0 Å². The molecule has 2 heterocycles. The number of amides is 1. The highest BCUT2D eigenvalue weighted by molar-refractivity contribution is 8.15. The second kappa shape index (κ2) is 9.71. The zero-order valence-electron chi connectivity index (χ0n) is 16.7. The van der Waals surface area contributed by atoms with Gasteiger partial charge in [-0.3, -0.25) is 18.7 Å². The van der Waals surface area contributed by atoms with E-state index in [1.54, 1.807) is 36.4 Å². The summed E-state index contributed by atoms with van der Waals surface area (Å²) in [6.45, 7) is 0.211. The number of aromatic hydroxyl groups is 1. The largest absolute Gasteiger partial charge is 0.494 e. The summed E-state index contributed by atoms with van der Waals surface area (Å²) in [5.41, 5.74) is -1.13.